The number of aryl methyl sites for hydroxylation is 1. The fourth-order valence-corrected chi connectivity index (χ4v) is 4.03. The van der Waals surface area contributed by atoms with Crippen LogP contribution in [-0.2, 0) is 14.8 Å². The molecule has 1 atom stereocenters. The van der Waals surface area contributed by atoms with E-state index in [1.807, 2.05) is 20.8 Å². The third kappa shape index (κ3) is 7.08. The Labute approximate surface area is 183 Å². The van der Waals surface area contributed by atoms with Crippen molar-refractivity contribution in [1.82, 2.24) is 10.1 Å². The number of carbonyl (C=O) groups is 1. The molecule has 2 rings (SSSR count). The molecule has 0 aliphatic rings. The Kier molecular flexibility index (Phi) is 8.58. The average Bonchev–Trinajstić information content (AvgIpc) is 2.73. The highest BCUT2D eigenvalue weighted by atomic mass is 32.2. The molecule has 0 saturated heterocycles. The highest BCUT2D eigenvalue weighted by Gasteiger charge is 2.26. The van der Waals surface area contributed by atoms with Crippen LogP contribution in [0.5, 0.6) is 11.5 Å². The molecule has 0 bridgehead atoms. The van der Waals surface area contributed by atoms with Crippen LogP contribution in [0.3, 0.4) is 0 Å². The van der Waals surface area contributed by atoms with E-state index in [-0.39, 0.29) is 10.8 Å². The number of sulfonamides is 1. The zero-order chi connectivity index (χ0) is 23.0. The van der Waals surface area contributed by atoms with E-state index in [2.05, 4.69) is 15.2 Å². The van der Waals surface area contributed by atoms with Gasteiger partial charge < -0.3 is 9.47 Å². The van der Waals surface area contributed by atoms with Gasteiger partial charge in [0.05, 0.1) is 25.3 Å². The van der Waals surface area contributed by atoms with Crippen molar-refractivity contribution in [2.75, 3.05) is 14.2 Å². The first-order chi connectivity index (χ1) is 14.7. The Morgan fingerprint density at radius 3 is 2.35 bits per heavy atom. The molecule has 2 aromatic carbocycles. The number of ether oxygens (including phenoxy) is 2. The topological polar surface area (TPSA) is 106 Å². The Bertz CT molecular complexity index is 1020. The molecule has 0 radical (unpaired) electrons. The van der Waals surface area contributed by atoms with Crippen molar-refractivity contribution in [3.8, 4) is 11.5 Å². The molecule has 2 aromatic rings. The second-order valence-electron chi connectivity index (χ2n) is 7.46. The van der Waals surface area contributed by atoms with Gasteiger partial charge in [-0.25, -0.2) is 13.8 Å². The summed E-state index contributed by atoms with van der Waals surface area (Å²) in [6.07, 6.45) is 1.75. The molecule has 0 heterocycles. The molecule has 0 unspecified atom stereocenters. The van der Waals surface area contributed by atoms with Crippen LogP contribution in [-0.4, -0.2) is 40.8 Å². The number of carbonyl (C=O) groups excluding carboxylic acids is 1. The molecule has 31 heavy (non-hydrogen) atoms. The van der Waals surface area contributed by atoms with Crippen LogP contribution < -0.4 is 19.6 Å². The molecule has 168 valence electrons. The smallest absolute Gasteiger partial charge is 0.258 e. The molecule has 2 N–H and O–H groups in total. The van der Waals surface area contributed by atoms with Gasteiger partial charge in [-0.3, -0.25) is 4.79 Å². The Morgan fingerprint density at radius 2 is 1.77 bits per heavy atom. The van der Waals surface area contributed by atoms with Crippen molar-refractivity contribution in [3.05, 3.63) is 53.6 Å². The van der Waals surface area contributed by atoms with E-state index in [0.29, 0.717) is 23.5 Å². The summed E-state index contributed by atoms with van der Waals surface area (Å²) >= 11 is 0. The first-order valence-electron chi connectivity index (χ1n) is 9.80. The highest BCUT2D eigenvalue weighted by Crippen LogP contribution is 2.23. The van der Waals surface area contributed by atoms with Gasteiger partial charge in [-0.2, -0.15) is 9.82 Å². The summed E-state index contributed by atoms with van der Waals surface area (Å²) in [5, 5.41) is 3.97. The number of nitrogens with zero attached hydrogens (tertiary/aromatic N) is 1. The van der Waals surface area contributed by atoms with E-state index in [9.17, 15) is 13.2 Å². The summed E-state index contributed by atoms with van der Waals surface area (Å²) in [5.41, 5.74) is 3.99. The molecular formula is C22H29N3O5S. The Hall–Kier alpha value is -2.91. The van der Waals surface area contributed by atoms with Crippen molar-refractivity contribution in [2.24, 2.45) is 11.0 Å². The zero-order valence-electron chi connectivity index (χ0n) is 18.4. The number of hydrogen-bond acceptors (Lipinski definition) is 6. The standard InChI is InChI=1S/C22H29N3O5S/c1-15(2)12-20(25-31(27,28)19-10-6-16(3)7-11-19)22(26)24-23-14-17-8-9-18(29-4)13-21(17)30-5/h6-11,13-15,20,25H,12H2,1-5H3,(H,24,26)/b23-14-/t20-/m1/s1. The minimum atomic E-state index is -3.86. The maximum Gasteiger partial charge on any atom is 0.258 e. The number of hydrogen-bond donors (Lipinski definition) is 2. The lowest BCUT2D eigenvalue weighted by atomic mass is 10.0. The van der Waals surface area contributed by atoms with Crippen molar-refractivity contribution in [1.29, 1.82) is 0 Å². The summed E-state index contributed by atoms with van der Waals surface area (Å²) < 4.78 is 38.4. The number of amides is 1. The van der Waals surface area contributed by atoms with Gasteiger partial charge in [0, 0.05) is 11.6 Å². The summed E-state index contributed by atoms with van der Waals surface area (Å²) in [4.78, 5) is 12.8. The molecule has 0 saturated carbocycles. The van der Waals surface area contributed by atoms with E-state index >= 15 is 0 Å². The van der Waals surface area contributed by atoms with Crippen LogP contribution in [0.15, 0.2) is 52.5 Å². The van der Waals surface area contributed by atoms with Gasteiger partial charge in [-0.05, 0) is 43.5 Å². The molecule has 0 aliphatic heterocycles. The molecule has 0 fully saturated rings. The van der Waals surface area contributed by atoms with E-state index in [1.54, 1.807) is 37.4 Å². The third-order valence-corrected chi connectivity index (χ3v) is 5.96. The predicted molar refractivity (Wildman–Crippen MR) is 120 cm³/mol. The summed E-state index contributed by atoms with van der Waals surface area (Å²) in [6, 6.07) is 10.6. The van der Waals surface area contributed by atoms with Crippen LogP contribution >= 0.6 is 0 Å². The summed E-state index contributed by atoms with van der Waals surface area (Å²) in [7, 11) is -0.791. The zero-order valence-corrected chi connectivity index (χ0v) is 19.2. The number of nitrogens with one attached hydrogen (secondary N) is 2. The minimum absolute atomic E-state index is 0.0853. The van der Waals surface area contributed by atoms with Crippen molar-refractivity contribution < 1.29 is 22.7 Å². The number of hydrazone groups is 1. The van der Waals surface area contributed by atoms with Gasteiger partial charge in [-0.1, -0.05) is 31.5 Å². The summed E-state index contributed by atoms with van der Waals surface area (Å²) in [5.74, 6) is 0.687. The predicted octanol–water partition coefficient (Wildman–Crippen LogP) is 2.86. The van der Waals surface area contributed by atoms with Gasteiger partial charge in [0.15, 0.2) is 0 Å². The number of benzene rings is 2. The van der Waals surface area contributed by atoms with Crippen LogP contribution in [0.4, 0.5) is 0 Å². The molecular weight excluding hydrogens is 418 g/mol. The maximum atomic E-state index is 12.7. The van der Waals surface area contributed by atoms with Crippen LogP contribution in [0.2, 0.25) is 0 Å². The maximum absolute atomic E-state index is 12.7. The van der Waals surface area contributed by atoms with Crippen LogP contribution in [0, 0.1) is 12.8 Å². The van der Waals surface area contributed by atoms with Gasteiger partial charge in [-0.15, -0.1) is 0 Å². The largest absolute Gasteiger partial charge is 0.497 e. The minimum Gasteiger partial charge on any atom is -0.497 e. The number of rotatable bonds is 10. The first kappa shape index (κ1) is 24.4. The van der Waals surface area contributed by atoms with Crippen molar-refractivity contribution in [3.63, 3.8) is 0 Å². The number of methoxy groups -OCH3 is 2. The SMILES string of the molecule is COc1ccc(/C=N\NC(=O)[C@@H](CC(C)C)NS(=O)(=O)c2ccc(C)cc2)c(OC)c1. The van der Waals surface area contributed by atoms with E-state index in [4.69, 9.17) is 9.47 Å². The van der Waals surface area contributed by atoms with Crippen molar-refractivity contribution >= 4 is 22.1 Å². The second-order valence-corrected chi connectivity index (χ2v) is 9.17. The fourth-order valence-electron chi connectivity index (χ4n) is 2.82. The van der Waals surface area contributed by atoms with Gasteiger partial charge in [0.2, 0.25) is 10.0 Å². The average molecular weight is 448 g/mol. The van der Waals surface area contributed by atoms with Crippen LogP contribution in [0.25, 0.3) is 0 Å². The Balaban J connectivity index is 2.14. The lowest BCUT2D eigenvalue weighted by Crippen LogP contribution is -2.46. The van der Waals surface area contributed by atoms with E-state index in [0.717, 1.165) is 5.56 Å². The molecule has 8 nitrogen and oxygen atoms in total. The second kappa shape index (κ2) is 10.9. The lowest BCUT2D eigenvalue weighted by molar-refractivity contribution is -0.123. The molecule has 1 amide bonds. The quantitative estimate of drug-likeness (QED) is 0.430. The Morgan fingerprint density at radius 1 is 1.10 bits per heavy atom. The summed E-state index contributed by atoms with van der Waals surface area (Å²) in [6.45, 7) is 5.69. The third-order valence-electron chi connectivity index (χ3n) is 4.47. The van der Waals surface area contributed by atoms with Crippen molar-refractivity contribution in [2.45, 2.75) is 38.1 Å². The van der Waals surface area contributed by atoms with E-state index < -0.39 is 22.0 Å². The first-order valence-corrected chi connectivity index (χ1v) is 11.3. The molecule has 0 aliphatic carbocycles. The van der Waals surface area contributed by atoms with Gasteiger partial charge in [0.1, 0.15) is 17.5 Å². The highest BCUT2D eigenvalue weighted by molar-refractivity contribution is 7.89. The van der Waals surface area contributed by atoms with E-state index in [1.165, 1.54) is 25.5 Å². The normalized spacial score (nSPS) is 12.7. The van der Waals surface area contributed by atoms with Gasteiger partial charge >= 0.3 is 0 Å². The van der Waals surface area contributed by atoms with Crippen LogP contribution in [0.1, 0.15) is 31.4 Å². The molecule has 0 aromatic heterocycles. The fraction of sp³-hybridized carbons (Fsp3) is 0.364. The molecule has 0 spiro atoms. The monoisotopic (exact) mass is 447 g/mol. The molecule has 9 heteroatoms. The lowest BCUT2D eigenvalue weighted by Gasteiger charge is -2.19. The van der Waals surface area contributed by atoms with Gasteiger partial charge in [0.25, 0.3) is 5.91 Å².